The van der Waals surface area contributed by atoms with Gasteiger partial charge in [-0.25, -0.2) is 9.59 Å². The van der Waals surface area contributed by atoms with Gasteiger partial charge in [0.2, 0.25) is 0 Å². The molecule has 0 bridgehead atoms. The molecule has 1 unspecified atom stereocenters. The topological polar surface area (TPSA) is 69.6 Å². The number of aliphatic carboxylic acids is 1. The number of nitrogens with one attached hydrogen (secondary N) is 1. The fraction of sp³-hybridized carbons (Fsp3) is 0.286. The zero-order chi connectivity index (χ0) is 13.8. The molecule has 0 saturated carbocycles. The molecule has 0 saturated heterocycles. The number of carbonyl (C=O) groups is 2. The van der Waals surface area contributed by atoms with Gasteiger partial charge in [0.15, 0.2) is 0 Å². The van der Waals surface area contributed by atoms with Gasteiger partial charge in [0.05, 0.1) is 0 Å². The number of rotatable bonds is 4. The van der Waals surface area contributed by atoms with E-state index in [1.165, 1.54) is 6.08 Å². The SMILES string of the molecule is C=CCC(NC(=O)N1CCc2ccccc21)C(=O)O. The minimum Gasteiger partial charge on any atom is -0.480 e. The summed E-state index contributed by atoms with van der Waals surface area (Å²) in [4.78, 5) is 24.7. The van der Waals surface area contributed by atoms with Gasteiger partial charge in [-0.15, -0.1) is 6.58 Å². The number of carbonyl (C=O) groups excluding carboxylic acids is 1. The van der Waals surface area contributed by atoms with Crippen LogP contribution in [0.25, 0.3) is 0 Å². The van der Waals surface area contributed by atoms with Crippen LogP contribution in [0.15, 0.2) is 36.9 Å². The summed E-state index contributed by atoms with van der Waals surface area (Å²) in [6.45, 7) is 4.07. The normalized spacial score (nSPS) is 14.6. The fourth-order valence-corrected chi connectivity index (χ4v) is 2.16. The van der Waals surface area contributed by atoms with E-state index in [0.717, 1.165) is 17.7 Å². The van der Waals surface area contributed by atoms with E-state index in [9.17, 15) is 9.59 Å². The van der Waals surface area contributed by atoms with Gasteiger partial charge >= 0.3 is 12.0 Å². The van der Waals surface area contributed by atoms with Crippen molar-refractivity contribution in [2.24, 2.45) is 0 Å². The van der Waals surface area contributed by atoms with Gasteiger partial charge in [0.1, 0.15) is 6.04 Å². The van der Waals surface area contributed by atoms with Crippen LogP contribution in [-0.2, 0) is 11.2 Å². The Kier molecular flexibility index (Phi) is 3.85. The first-order chi connectivity index (χ1) is 9.13. The molecule has 1 aromatic rings. The quantitative estimate of drug-likeness (QED) is 0.811. The molecule has 5 nitrogen and oxygen atoms in total. The fourth-order valence-electron chi connectivity index (χ4n) is 2.16. The van der Waals surface area contributed by atoms with Gasteiger partial charge in [-0.2, -0.15) is 0 Å². The lowest BCUT2D eigenvalue weighted by atomic mass is 10.2. The Hall–Kier alpha value is -2.30. The number of amides is 2. The zero-order valence-electron chi connectivity index (χ0n) is 10.5. The smallest absolute Gasteiger partial charge is 0.326 e. The van der Waals surface area contributed by atoms with Crippen LogP contribution in [0.4, 0.5) is 10.5 Å². The second-order valence-electron chi connectivity index (χ2n) is 4.40. The number of nitrogens with zero attached hydrogens (tertiary/aromatic N) is 1. The maximum Gasteiger partial charge on any atom is 0.326 e. The minimum absolute atomic E-state index is 0.205. The Morgan fingerprint density at radius 3 is 2.89 bits per heavy atom. The number of urea groups is 1. The Balaban J connectivity index is 2.09. The Morgan fingerprint density at radius 2 is 2.21 bits per heavy atom. The van der Waals surface area contributed by atoms with Crippen molar-refractivity contribution < 1.29 is 14.7 Å². The first-order valence-corrected chi connectivity index (χ1v) is 6.13. The van der Waals surface area contributed by atoms with Gasteiger partial charge in [-0.05, 0) is 24.5 Å². The molecule has 2 amide bonds. The lowest BCUT2D eigenvalue weighted by Gasteiger charge is -2.21. The average molecular weight is 260 g/mol. The van der Waals surface area contributed by atoms with Crippen molar-refractivity contribution in [2.75, 3.05) is 11.4 Å². The van der Waals surface area contributed by atoms with E-state index >= 15 is 0 Å². The van der Waals surface area contributed by atoms with Crippen LogP contribution in [0.2, 0.25) is 0 Å². The summed E-state index contributed by atoms with van der Waals surface area (Å²) in [5.41, 5.74) is 1.95. The van der Waals surface area contributed by atoms with Crippen LogP contribution in [0, 0.1) is 0 Å². The van der Waals surface area contributed by atoms with Crippen LogP contribution in [-0.4, -0.2) is 29.7 Å². The molecule has 19 heavy (non-hydrogen) atoms. The molecule has 0 aliphatic carbocycles. The number of fused-ring (bicyclic) bond motifs is 1. The highest BCUT2D eigenvalue weighted by Crippen LogP contribution is 2.27. The van der Waals surface area contributed by atoms with E-state index in [-0.39, 0.29) is 12.5 Å². The highest BCUT2D eigenvalue weighted by atomic mass is 16.4. The number of benzene rings is 1. The minimum atomic E-state index is -1.05. The standard InChI is InChI=1S/C14H16N2O3/c1-2-5-11(13(17)18)15-14(19)16-9-8-10-6-3-4-7-12(10)16/h2-4,6-7,11H,1,5,8-9H2,(H,15,19)(H,17,18). The molecule has 2 rings (SSSR count). The first-order valence-electron chi connectivity index (χ1n) is 6.13. The average Bonchev–Trinajstić information content (AvgIpc) is 2.81. The van der Waals surface area contributed by atoms with Crippen LogP contribution in [0.3, 0.4) is 0 Å². The van der Waals surface area contributed by atoms with E-state index < -0.39 is 12.0 Å². The first kappa shape index (κ1) is 13.1. The Morgan fingerprint density at radius 1 is 1.47 bits per heavy atom. The molecule has 0 spiro atoms. The third-order valence-electron chi connectivity index (χ3n) is 3.13. The molecule has 0 fully saturated rings. The molecule has 1 aliphatic rings. The summed E-state index contributed by atoms with van der Waals surface area (Å²) in [5.74, 6) is -1.05. The van der Waals surface area contributed by atoms with E-state index in [1.807, 2.05) is 24.3 Å². The molecular formula is C14H16N2O3. The Labute approximate surface area is 111 Å². The Bertz CT molecular complexity index is 513. The number of carboxylic acid groups (broad SMARTS) is 1. The number of anilines is 1. The molecule has 1 heterocycles. The molecule has 1 aromatic carbocycles. The molecular weight excluding hydrogens is 244 g/mol. The molecule has 1 atom stereocenters. The summed E-state index contributed by atoms with van der Waals surface area (Å²) in [5, 5.41) is 11.5. The van der Waals surface area contributed by atoms with Crippen molar-refractivity contribution in [3.8, 4) is 0 Å². The van der Waals surface area contributed by atoms with E-state index in [1.54, 1.807) is 4.90 Å². The van der Waals surface area contributed by atoms with Crippen molar-refractivity contribution >= 4 is 17.7 Å². The van der Waals surface area contributed by atoms with E-state index in [4.69, 9.17) is 5.11 Å². The van der Waals surface area contributed by atoms with Crippen molar-refractivity contribution in [3.63, 3.8) is 0 Å². The van der Waals surface area contributed by atoms with Crippen LogP contribution >= 0.6 is 0 Å². The van der Waals surface area contributed by atoms with E-state index in [2.05, 4.69) is 11.9 Å². The van der Waals surface area contributed by atoms with Crippen molar-refractivity contribution in [3.05, 3.63) is 42.5 Å². The number of carboxylic acids is 1. The second kappa shape index (κ2) is 5.56. The van der Waals surface area contributed by atoms with Gasteiger partial charge in [0, 0.05) is 12.2 Å². The lowest BCUT2D eigenvalue weighted by molar-refractivity contribution is -0.139. The summed E-state index contributed by atoms with van der Waals surface area (Å²) < 4.78 is 0. The molecule has 2 N–H and O–H groups in total. The number of para-hydroxylation sites is 1. The van der Waals surface area contributed by atoms with Crippen LogP contribution < -0.4 is 10.2 Å². The highest BCUT2D eigenvalue weighted by molar-refractivity contribution is 5.96. The predicted octanol–water partition coefficient (Wildman–Crippen LogP) is 1.79. The summed E-state index contributed by atoms with van der Waals surface area (Å²) in [7, 11) is 0. The largest absolute Gasteiger partial charge is 0.480 e. The van der Waals surface area contributed by atoms with Gasteiger partial charge in [0.25, 0.3) is 0 Å². The lowest BCUT2D eigenvalue weighted by Crippen LogP contribution is -2.47. The summed E-state index contributed by atoms with van der Waals surface area (Å²) in [6, 6.07) is 6.32. The maximum absolute atomic E-state index is 12.1. The maximum atomic E-state index is 12.1. The monoisotopic (exact) mass is 260 g/mol. The number of hydrogen-bond acceptors (Lipinski definition) is 2. The van der Waals surface area contributed by atoms with Gasteiger partial charge in [-0.3, -0.25) is 4.90 Å². The molecule has 100 valence electrons. The van der Waals surface area contributed by atoms with Crippen molar-refractivity contribution in [2.45, 2.75) is 18.9 Å². The summed E-state index contributed by atoms with van der Waals surface area (Å²) >= 11 is 0. The van der Waals surface area contributed by atoms with Gasteiger partial charge < -0.3 is 10.4 Å². The molecule has 1 aliphatic heterocycles. The van der Waals surface area contributed by atoms with Crippen molar-refractivity contribution in [1.82, 2.24) is 5.32 Å². The molecule has 0 aromatic heterocycles. The third-order valence-corrected chi connectivity index (χ3v) is 3.13. The molecule has 0 radical (unpaired) electrons. The van der Waals surface area contributed by atoms with E-state index in [0.29, 0.717) is 6.54 Å². The zero-order valence-corrected chi connectivity index (χ0v) is 10.5. The van der Waals surface area contributed by atoms with Gasteiger partial charge in [-0.1, -0.05) is 24.3 Å². The van der Waals surface area contributed by atoms with Crippen molar-refractivity contribution in [1.29, 1.82) is 0 Å². The van der Waals surface area contributed by atoms with Crippen LogP contribution in [0.5, 0.6) is 0 Å². The highest BCUT2D eigenvalue weighted by Gasteiger charge is 2.27. The molecule has 5 heteroatoms. The van der Waals surface area contributed by atoms with Crippen LogP contribution in [0.1, 0.15) is 12.0 Å². The number of hydrogen-bond donors (Lipinski definition) is 2. The predicted molar refractivity (Wildman–Crippen MR) is 72.3 cm³/mol. The second-order valence-corrected chi connectivity index (χ2v) is 4.40. The third kappa shape index (κ3) is 2.76. The summed E-state index contributed by atoms with van der Waals surface area (Å²) in [6.07, 6.45) is 2.48.